The molecular weight excluding hydrogens is 296 g/mol. The van der Waals surface area contributed by atoms with Crippen LogP contribution in [0.2, 0.25) is 0 Å². The zero-order valence-corrected chi connectivity index (χ0v) is 14.7. The monoisotopic (exact) mass is 316 g/mol. The van der Waals surface area contributed by atoms with Gasteiger partial charge >= 0.3 is 0 Å². The molecule has 1 aliphatic rings. The summed E-state index contributed by atoms with van der Waals surface area (Å²) in [5.74, 6) is 0. The average molecular weight is 316 g/mol. The summed E-state index contributed by atoms with van der Waals surface area (Å²) >= 11 is 0. The Hall–Kier alpha value is -2.98. The van der Waals surface area contributed by atoms with Crippen molar-refractivity contribution >= 4 is 17.1 Å². The molecular formula is C20H20N4. The van der Waals surface area contributed by atoms with Crippen molar-refractivity contribution in [1.82, 2.24) is 0 Å². The second kappa shape index (κ2) is 5.58. The van der Waals surface area contributed by atoms with E-state index in [1.54, 1.807) is 6.07 Å². The van der Waals surface area contributed by atoms with Crippen molar-refractivity contribution in [3.8, 4) is 12.1 Å². The van der Waals surface area contributed by atoms with Crippen LogP contribution < -0.4 is 9.80 Å². The van der Waals surface area contributed by atoms with Crippen LogP contribution in [0.4, 0.5) is 17.1 Å². The summed E-state index contributed by atoms with van der Waals surface area (Å²) in [6.45, 7) is 8.46. The maximum absolute atomic E-state index is 9.53. The Bertz CT molecular complexity index is 915. The number of benzene rings is 2. The zero-order chi connectivity index (χ0) is 17.6. The molecule has 0 N–H and O–H groups in total. The Labute approximate surface area is 143 Å². The molecule has 1 aliphatic heterocycles. The Morgan fingerprint density at radius 3 is 2.25 bits per heavy atom. The van der Waals surface area contributed by atoms with Gasteiger partial charge in [-0.3, -0.25) is 0 Å². The Kier molecular flexibility index (Phi) is 3.70. The van der Waals surface area contributed by atoms with Crippen LogP contribution in [0.3, 0.4) is 0 Å². The third-order valence-corrected chi connectivity index (χ3v) is 5.03. The van der Waals surface area contributed by atoms with Gasteiger partial charge in [-0.2, -0.15) is 10.5 Å². The molecule has 0 aliphatic carbocycles. The number of anilines is 3. The van der Waals surface area contributed by atoms with Crippen molar-refractivity contribution in [2.75, 3.05) is 16.8 Å². The molecule has 0 saturated heterocycles. The summed E-state index contributed by atoms with van der Waals surface area (Å²) in [6, 6.07) is 12.2. The van der Waals surface area contributed by atoms with E-state index in [0.29, 0.717) is 11.1 Å². The van der Waals surface area contributed by atoms with Crippen molar-refractivity contribution in [3.05, 3.63) is 52.1 Å². The number of hydrogen-bond donors (Lipinski definition) is 0. The van der Waals surface area contributed by atoms with Crippen LogP contribution in [-0.4, -0.2) is 13.2 Å². The minimum absolute atomic E-state index is 0.0697. The van der Waals surface area contributed by atoms with Gasteiger partial charge in [0, 0.05) is 12.7 Å². The second-order valence-electron chi connectivity index (χ2n) is 6.40. The lowest BCUT2D eigenvalue weighted by molar-refractivity contribution is 0.730. The van der Waals surface area contributed by atoms with E-state index in [9.17, 15) is 10.5 Å². The van der Waals surface area contributed by atoms with Gasteiger partial charge in [-0.25, -0.2) is 0 Å². The molecule has 120 valence electrons. The topological polar surface area (TPSA) is 54.1 Å². The Balaban J connectivity index is 2.34. The first-order chi connectivity index (χ1) is 11.4. The largest absolute Gasteiger partial charge is 0.351 e. The van der Waals surface area contributed by atoms with Crippen LogP contribution in [0.25, 0.3) is 0 Å². The van der Waals surface area contributed by atoms with E-state index in [1.807, 2.05) is 13.1 Å². The van der Waals surface area contributed by atoms with Crippen molar-refractivity contribution in [2.45, 2.75) is 33.9 Å². The molecule has 0 spiro atoms. The van der Waals surface area contributed by atoms with Gasteiger partial charge in [0.25, 0.3) is 0 Å². The highest BCUT2D eigenvalue weighted by molar-refractivity contribution is 5.89. The summed E-state index contributed by atoms with van der Waals surface area (Å²) in [4.78, 5) is 4.35. The van der Waals surface area contributed by atoms with Crippen molar-refractivity contribution in [1.29, 1.82) is 10.5 Å². The van der Waals surface area contributed by atoms with Crippen LogP contribution in [0.5, 0.6) is 0 Å². The fourth-order valence-corrected chi connectivity index (χ4v) is 3.50. The second-order valence-corrected chi connectivity index (χ2v) is 6.40. The number of nitrogens with zero attached hydrogens (tertiary/aromatic N) is 4. The Morgan fingerprint density at radius 1 is 0.958 bits per heavy atom. The number of nitriles is 2. The molecule has 0 saturated carbocycles. The molecule has 1 atom stereocenters. The number of fused-ring (bicyclic) bond motifs is 1. The lowest BCUT2D eigenvalue weighted by Crippen LogP contribution is -2.36. The standard InChI is InChI=1S/C20H20N4/c1-12-6-7-13(2)19(14(12)3)24-15(4)23(5)20-17(11-22)8-16(10-21)9-18(20)24/h6-9,15H,1-5H3/t15-/m0/s1. The lowest BCUT2D eigenvalue weighted by Gasteiger charge is -2.31. The zero-order valence-electron chi connectivity index (χ0n) is 14.7. The molecule has 2 aromatic rings. The first-order valence-corrected chi connectivity index (χ1v) is 7.97. The summed E-state index contributed by atoms with van der Waals surface area (Å²) in [6.07, 6.45) is 0.0697. The van der Waals surface area contributed by atoms with Crippen molar-refractivity contribution in [3.63, 3.8) is 0 Å². The molecule has 24 heavy (non-hydrogen) atoms. The molecule has 0 radical (unpaired) electrons. The summed E-state index contributed by atoms with van der Waals surface area (Å²) < 4.78 is 0. The van der Waals surface area contributed by atoms with Crippen LogP contribution in [0, 0.1) is 43.4 Å². The van der Waals surface area contributed by atoms with Crippen LogP contribution in [0.1, 0.15) is 34.7 Å². The SMILES string of the molecule is Cc1ccc(C)c(N2c3cc(C#N)cc(C#N)c3N(C)[C@@H]2C)c1C. The van der Waals surface area contributed by atoms with E-state index in [4.69, 9.17) is 0 Å². The van der Waals surface area contributed by atoms with E-state index in [-0.39, 0.29) is 6.17 Å². The first kappa shape index (κ1) is 15.9. The highest BCUT2D eigenvalue weighted by atomic mass is 15.4. The molecule has 1 heterocycles. The molecule has 4 nitrogen and oxygen atoms in total. The summed E-state index contributed by atoms with van der Waals surface area (Å²) in [5.41, 5.74) is 7.69. The van der Waals surface area contributed by atoms with Crippen LogP contribution in [-0.2, 0) is 0 Å². The summed E-state index contributed by atoms with van der Waals surface area (Å²) in [5, 5.41) is 18.9. The van der Waals surface area contributed by atoms with Gasteiger partial charge in [0.1, 0.15) is 12.2 Å². The first-order valence-electron chi connectivity index (χ1n) is 7.97. The van der Waals surface area contributed by atoms with E-state index in [2.05, 4.69) is 61.8 Å². The van der Waals surface area contributed by atoms with E-state index >= 15 is 0 Å². The minimum Gasteiger partial charge on any atom is -0.351 e. The molecule has 0 amide bonds. The average Bonchev–Trinajstić information content (AvgIpc) is 2.83. The molecule has 3 rings (SSSR count). The molecule has 0 unspecified atom stereocenters. The fourth-order valence-electron chi connectivity index (χ4n) is 3.50. The number of aryl methyl sites for hydroxylation is 2. The summed E-state index contributed by atoms with van der Waals surface area (Å²) in [7, 11) is 2.00. The molecule has 0 bridgehead atoms. The normalized spacial score (nSPS) is 15.9. The fraction of sp³-hybridized carbons (Fsp3) is 0.300. The Morgan fingerprint density at radius 2 is 1.62 bits per heavy atom. The van der Waals surface area contributed by atoms with Gasteiger partial charge in [0.2, 0.25) is 0 Å². The van der Waals surface area contributed by atoms with Crippen LogP contribution in [0.15, 0.2) is 24.3 Å². The van der Waals surface area contributed by atoms with Gasteiger partial charge in [-0.1, -0.05) is 12.1 Å². The minimum atomic E-state index is 0.0697. The van der Waals surface area contributed by atoms with Crippen molar-refractivity contribution < 1.29 is 0 Å². The molecule has 4 heteroatoms. The highest BCUT2D eigenvalue weighted by Crippen LogP contribution is 2.47. The molecule has 2 aromatic carbocycles. The third-order valence-electron chi connectivity index (χ3n) is 5.03. The van der Waals surface area contributed by atoms with Gasteiger partial charge < -0.3 is 9.80 Å². The van der Waals surface area contributed by atoms with E-state index in [1.165, 1.54) is 16.7 Å². The van der Waals surface area contributed by atoms with E-state index in [0.717, 1.165) is 17.1 Å². The molecule has 0 fully saturated rings. The lowest BCUT2D eigenvalue weighted by atomic mass is 10.0. The highest BCUT2D eigenvalue weighted by Gasteiger charge is 2.35. The van der Waals surface area contributed by atoms with E-state index < -0.39 is 0 Å². The smallest absolute Gasteiger partial charge is 0.103 e. The van der Waals surface area contributed by atoms with Gasteiger partial charge in [0.05, 0.1) is 28.6 Å². The predicted octanol–water partition coefficient (Wildman–Crippen LogP) is 4.29. The quantitative estimate of drug-likeness (QED) is 0.787. The predicted molar refractivity (Wildman–Crippen MR) is 96.5 cm³/mol. The maximum atomic E-state index is 9.53. The number of rotatable bonds is 1. The van der Waals surface area contributed by atoms with Gasteiger partial charge in [-0.05, 0) is 56.5 Å². The van der Waals surface area contributed by atoms with Crippen LogP contribution >= 0.6 is 0 Å². The maximum Gasteiger partial charge on any atom is 0.103 e. The third kappa shape index (κ3) is 2.12. The molecule has 0 aromatic heterocycles. The van der Waals surface area contributed by atoms with Gasteiger partial charge in [0.15, 0.2) is 0 Å². The van der Waals surface area contributed by atoms with Crippen molar-refractivity contribution in [2.24, 2.45) is 0 Å². The van der Waals surface area contributed by atoms with Gasteiger partial charge in [-0.15, -0.1) is 0 Å². The number of hydrogen-bond acceptors (Lipinski definition) is 4.